The minimum atomic E-state index is -3.91. The number of likely N-dealkylation sites (N-methyl/N-ethyl adjacent to an activating group) is 1. The van der Waals surface area contributed by atoms with Crippen LogP contribution in [0.15, 0.2) is 72.8 Å². The number of carbonyl (C=O) groups excluding carboxylic acids is 2. The normalized spacial score (nSPS) is 12.0. The highest BCUT2D eigenvalue weighted by Crippen LogP contribution is 2.30. The molecular weight excluding hydrogens is 533 g/mol. The molecule has 0 fully saturated rings. The molecule has 37 heavy (non-hydrogen) atoms. The van der Waals surface area contributed by atoms with Gasteiger partial charge < -0.3 is 10.2 Å². The molecule has 3 aromatic rings. The molecule has 3 aromatic carbocycles. The van der Waals surface area contributed by atoms with Gasteiger partial charge in [-0.1, -0.05) is 83.4 Å². The number of nitrogens with zero attached hydrogens (tertiary/aromatic N) is 2. The van der Waals surface area contributed by atoms with Gasteiger partial charge in [-0.25, -0.2) is 8.42 Å². The summed E-state index contributed by atoms with van der Waals surface area (Å²) in [5, 5.41) is 3.06. The molecule has 0 aromatic heterocycles. The topological polar surface area (TPSA) is 86.8 Å². The van der Waals surface area contributed by atoms with Gasteiger partial charge in [0.2, 0.25) is 21.8 Å². The molecule has 0 spiro atoms. The fourth-order valence-corrected chi connectivity index (χ4v) is 5.31. The molecule has 2 amide bonds. The van der Waals surface area contributed by atoms with Gasteiger partial charge >= 0.3 is 0 Å². The number of aryl methyl sites for hydroxylation is 1. The van der Waals surface area contributed by atoms with Crippen LogP contribution >= 0.6 is 23.2 Å². The molecule has 0 heterocycles. The van der Waals surface area contributed by atoms with Crippen LogP contribution < -0.4 is 9.62 Å². The third kappa shape index (κ3) is 7.71. The smallest absolute Gasteiger partial charge is 0.244 e. The van der Waals surface area contributed by atoms with Crippen molar-refractivity contribution in [2.24, 2.45) is 0 Å². The van der Waals surface area contributed by atoms with Gasteiger partial charge in [0.1, 0.15) is 12.6 Å². The third-order valence-electron chi connectivity index (χ3n) is 5.85. The Kier molecular flexibility index (Phi) is 9.59. The number of sulfonamides is 1. The summed E-state index contributed by atoms with van der Waals surface area (Å²) in [6, 6.07) is 20.4. The van der Waals surface area contributed by atoms with Gasteiger partial charge in [0, 0.05) is 25.0 Å². The maximum Gasteiger partial charge on any atom is 0.244 e. The minimum Gasteiger partial charge on any atom is -0.357 e. The SMILES string of the molecule is CNC(=O)C(Cc1ccccc1)N(Cc1ccc(C)cc1)C(=O)CN(c1ccc(Cl)cc1Cl)S(C)(=O)=O. The molecule has 1 atom stereocenters. The number of hydrogen-bond donors (Lipinski definition) is 1. The van der Waals surface area contributed by atoms with Crippen molar-refractivity contribution in [2.45, 2.75) is 25.9 Å². The van der Waals surface area contributed by atoms with Gasteiger partial charge in [0.05, 0.1) is 17.0 Å². The second-order valence-corrected chi connectivity index (χ2v) is 11.4. The number of anilines is 1. The highest BCUT2D eigenvalue weighted by molar-refractivity contribution is 7.92. The standard InChI is InChI=1S/C27H29Cl2N3O4S/c1-19-9-11-21(12-10-19)17-31(25(27(34)30-2)15-20-7-5-4-6-8-20)26(33)18-32(37(3,35)36)24-14-13-22(28)16-23(24)29/h4-14,16,25H,15,17-18H2,1-3H3,(H,30,34). The predicted octanol–water partition coefficient (Wildman–Crippen LogP) is 4.45. The average Bonchev–Trinajstić information content (AvgIpc) is 2.85. The van der Waals surface area contributed by atoms with Gasteiger partial charge in [-0.05, 0) is 36.2 Å². The number of benzene rings is 3. The van der Waals surface area contributed by atoms with E-state index in [1.165, 1.54) is 30.1 Å². The van der Waals surface area contributed by atoms with E-state index >= 15 is 0 Å². The van der Waals surface area contributed by atoms with E-state index in [4.69, 9.17) is 23.2 Å². The van der Waals surface area contributed by atoms with Crippen molar-refractivity contribution < 1.29 is 18.0 Å². The molecule has 3 rings (SSSR count). The van der Waals surface area contributed by atoms with Gasteiger partial charge in [-0.3, -0.25) is 13.9 Å². The Hall–Kier alpha value is -3.07. The largest absolute Gasteiger partial charge is 0.357 e. The number of hydrogen-bond acceptors (Lipinski definition) is 4. The Morgan fingerprint density at radius 1 is 0.946 bits per heavy atom. The van der Waals surface area contributed by atoms with Crippen LogP contribution in [-0.2, 0) is 32.6 Å². The molecule has 0 aliphatic heterocycles. The summed E-state index contributed by atoms with van der Waals surface area (Å²) in [4.78, 5) is 28.3. The predicted molar refractivity (Wildman–Crippen MR) is 148 cm³/mol. The zero-order valence-corrected chi connectivity index (χ0v) is 23.1. The summed E-state index contributed by atoms with van der Waals surface area (Å²) in [7, 11) is -2.41. The van der Waals surface area contributed by atoms with Crippen LogP contribution in [0.4, 0.5) is 5.69 Å². The summed E-state index contributed by atoms with van der Waals surface area (Å²) in [5.74, 6) is -0.915. The maximum absolute atomic E-state index is 13.8. The number of amides is 2. The number of nitrogens with one attached hydrogen (secondary N) is 1. The lowest BCUT2D eigenvalue weighted by Gasteiger charge is -2.33. The Morgan fingerprint density at radius 3 is 2.16 bits per heavy atom. The maximum atomic E-state index is 13.8. The Labute approximate surface area is 228 Å². The fourth-order valence-electron chi connectivity index (χ4n) is 3.89. The molecule has 0 aliphatic carbocycles. The van der Waals surface area contributed by atoms with Crippen LogP contribution in [0.1, 0.15) is 16.7 Å². The Morgan fingerprint density at radius 2 is 1.59 bits per heavy atom. The van der Waals surface area contributed by atoms with E-state index < -0.39 is 28.5 Å². The van der Waals surface area contributed by atoms with Gasteiger partial charge in [-0.15, -0.1) is 0 Å². The molecule has 0 saturated heterocycles. The molecule has 10 heteroatoms. The highest BCUT2D eigenvalue weighted by Gasteiger charge is 2.33. The minimum absolute atomic E-state index is 0.0861. The quantitative estimate of drug-likeness (QED) is 0.396. The third-order valence-corrected chi connectivity index (χ3v) is 7.51. The first-order valence-electron chi connectivity index (χ1n) is 11.5. The van der Waals surface area contributed by atoms with Crippen molar-refractivity contribution in [1.82, 2.24) is 10.2 Å². The number of rotatable bonds is 10. The van der Waals surface area contributed by atoms with E-state index in [9.17, 15) is 18.0 Å². The van der Waals surface area contributed by atoms with Crippen molar-refractivity contribution in [3.8, 4) is 0 Å². The van der Waals surface area contributed by atoms with E-state index in [-0.39, 0.29) is 29.6 Å². The van der Waals surface area contributed by atoms with Crippen molar-refractivity contribution >= 4 is 50.7 Å². The lowest BCUT2D eigenvalue weighted by atomic mass is 10.0. The Bertz CT molecular complexity index is 1350. The first kappa shape index (κ1) is 28.5. The molecule has 0 radical (unpaired) electrons. The van der Waals surface area contributed by atoms with E-state index in [2.05, 4.69) is 5.32 Å². The summed E-state index contributed by atoms with van der Waals surface area (Å²) in [6.45, 7) is 1.51. The number of carbonyl (C=O) groups is 2. The van der Waals surface area contributed by atoms with Crippen LogP contribution in [-0.4, -0.2) is 51.0 Å². The van der Waals surface area contributed by atoms with Gasteiger partial charge in [0.25, 0.3) is 0 Å². The first-order chi connectivity index (χ1) is 17.5. The molecule has 0 aliphatic rings. The lowest BCUT2D eigenvalue weighted by molar-refractivity contribution is -0.139. The van der Waals surface area contributed by atoms with Crippen LogP contribution in [0, 0.1) is 6.92 Å². The van der Waals surface area contributed by atoms with Crippen LogP contribution in [0.25, 0.3) is 0 Å². The second-order valence-electron chi connectivity index (χ2n) is 8.69. The highest BCUT2D eigenvalue weighted by atomic mass is 35.5. The molecule has 0 saturated carbocycles. The molecule has 196 valence electrons. The van der Waals surface area contributed by atoms with E-state index in [1.54, 1.807) is 0 Å². The van der Waals surface area contributed by atoms with E-state index in [0.29, 0.717) is 5.02 Å². The zero-order valence-electron chi connectivity index (χ0n) is 20.8. The van der Waals surface area contributed by atoms with Crippen LogP contribution in [0.3, 0.4) is 0 Å². The molecule has 0 bridgehead atoms. The van der Waals surface area contributed by atoms with Crippen molar-refractivity contribution in [3.05, 3.63) is 99.5 Å². The summed E-state index contributed by atoms with van der Waals surface area (Å²) in [6.07, 6.45) is 1.24. The fraction of sp³-hybridized carbons (Fsp3) is 0.259. The average molecular weight is 563 g/mol. The first-order valence-corrected chi connectivity index (χ1v) is 14.1. The molecule has 1 unspecified atom stereocenters. The summed E-state index contributed by atoms with van der Waals surface area (Å²) in [5.41, 5.74) is 2.83. The van der Waals surface area contributed by atoms with Gasteiger partial charge in [-0.2, -0.15) is 0 Å². The lowest BCUT2D eigenvalue weighted by Crippen LogP contribution is -2.52. The van der Waals surface area contributed by atoms with Crippen molar-refractivity contribution in [1.29, 1.82) is 0 Å². The second kappa shape index (κ2) is 12.4. The van der Waals surface area contributed by atoms with Gasteiger partial charge in [0.15, 0.2) is 0 Å². The summed E-state index contributed by atoms with van der Waals surface area (Å²) < 4.78 is 26.4. The monoisotopic (exact) mass is 561 g/mol. The number of halogens is 2. The van der Waals surface area contributed by atoms with Crippen LogP contribution in [0.2, 0.25) is 10.0 Å². The van der Waals surface area contributed by atoms with Crippen LogP contribution in [0.5, 0.6) is 0 Å². The molecule has 1 N–H and O–H groups in total. The molecular formula is C27H29Cl2N3O4S. The Balaban J connectivity index is 2.04. The zero-order chi connectivity index (χ0) is 27.2. The van der Waals surface area contributed by atoms with E-state index in [1.807, 2.05) is 61.5 Å². The van der Waals surface area contributed by atoms with E-state index in [0.717, 1.165) is 27.3 Å². The van der Waals surface area contributed by atoms with Crippen molar-refractivity contribution in [3.63, 3.8) is 0 Å². The summed E-state index contributed by atoms with van der Waals surface area (Å²) >= 11 is 12.3. The molecule has 7 nitrogen and oxygen atoms in total. The van der Waals surface area contributed by atoms with Crippen molar-refractivity contribution in [2.75, 3.05) is 24.2 Å².